The van der Waals surface area contributed by atoms with Crippen LogP contribution in [-0.2, 0) is 0 Å². The van der Waals surface area contributed by atoms with Crippen LogP contribution in [0.4, 0.5) is 4.39 Å². The average Bonchev–Trinajstić information content (AvgIpc) is 2.15. The molecular formula is C12H17ClFN. The van der Waals surface area contributed by atoms with Gasteiger partial charge in [-0.2, -0.15) is 0 Å². The largest absolute Gasteiger partial charge is 0.310 e. The smallest absolute Gasteiger partial charge is 0.124 e. The van der Waals surface area contributed by atoms with Crippen LogP contribution >= 0.6 is 11.6 Å². The van der Waals surface area contributed by atoms with Crippen molar-refractivity contribution < 1.29 is 4.39 Å². The van der Waals surface area contributed by atoms with Crippen LogP contribution in [0.5, 0.6) is 0 Å². The van der Waals surface area contributed by atoms with Crippen molar-refractivity contribution in [3.05, 3.63) is 34.6 Å². The third-order valence-electron chi connectivity index (χ3n) is 2.39. The molecule has 1 unspecified atom stereocenters. The summed E-state index contributed by atoms with van der Waals surface area (Å²) in [5, 5.41) is 3.85. The summed E-state index contributed by atoms with van der Waals surface area (Å²) in [6, 6.07) is 4.76. The SMILES string of the molecule is CCNC(c1ccc(F)cc1Cl)C(C)C. The Morgan fingerprint density at radius 1 is 1.40 bits per heavy atom. The Labute approximate surface area is 95.6 Å². The van der Waals surface area contributed by atoms with Gasteiger partial charge in [0.2, 0.25) is 0 Å². The standard InChI is InChI=1S/C12H17ClFN/c1-4-15-12(8(2)3)10-6-5-9(14)7-11(10)13/h5-8,12,15H,4H2,1-3H3. The molecule has 0 bridgehead atoms. The number of rotatable bonds is 4. The van der Waals surface area contributed by atoms with Gasteiger partial charge in [0, 0.05) is 11.1 Å². The van der Waals surface area contributed by atoms with E-state index in [1.54, 1.807) is 6.07 Å². The maximum atomic E-state index is 12.9. The molecule has 0 radical (unpaired) electrons. The van der Waals surface area contributed by atoms with E-state index in [9.17, 15) is 4.39 Å². The van der Waals surface area contributed by atoms with Crippen LogP contribution < -0.4 is 5.32 Å². The molecular weight excluding hydrogens is 213 g/mol. The van der Waals surface area contributed by atoms with Gasteiger partial charge >= 0.3 is 0 Å². The molecule has 0 amide bonds. The highest BCUT2D eigenvalue weighted by Crippen LogP contribution is 2.28. The fourth-order valence-electron chi connectivity index (χ4n) is 1.68. The van der Waals surface area contributed by atoms with Gasteiger partial charge in [-0.05, 0) is 30.2 Å². The van der Waals surface area contributed by atoms with Gasteiger partial charge in [-0.25, -0.2) is 4.39 Å². The minimum atomic E-state index is -0.289. The van der Waals surface area contributed by atoms with Crippen LogP contribution in [0.1, 0.15) is 32.4 Å². The predicted octanol–water partition coefficient (Wildman–Crippen LogP) is 3.79. The molecule has 0 heterocycles. The average molecular weight is 230 g/mol. The summed E-state index contributed by atoms with van der Waals surface area (Å²) >= 11 is 6.02. The molecule has 0 saturated heterocycles. The van der Waals surface area contributed by atoms with E-state index in [-0.39, 0.29) is 11.9 Å². The highest BCUT2D eigenvalue weighted by molar-refractivity contribution is 6.31. The summed E-state index contributed by atoms with van der Waals surface area (Å²) in [6.07, 6.45) is 0. The lowest BCUT2D eigenvalue weighted by Crippen LogP contribution is -2.25. The third kappa shape index (κ3) is 3.18. The Hall–Kier alpha value is -0.600. The van der Waals surface area contributed by atoms with Crippen molar-refractivity contribution in [2.45, 2.75) is 26.8 Å². The molecule has 0 aromatic heterocycles. The topological polar surface area (TPSA) is 12.0 Å². The van der Waals surface area contributed by atoms with Gasteiger partial charge in [-0.15, -0.1) is 0 Å². The maximum Gasteiger partial charge on any atom is 0.124 e. The summed E-state index contributed by atoms with van der Waals surface area (Å²) in [4.78, 5) is 0. The molecule has 1 aromatic carbocycles. The molecule has 1 N–H and O–H groups in total. The molecule has 0 aliphatic rings. The first-order valence-corrected chi connectivity index (χ1v) is 5.62. The van der Waals surface area contributed by atoms with Gasteiger partial charge in [0.05, 0.1) is 0 Å². The first kappa shape index (κ1) is 12.5. The molecule has 3 heteroatoms. The van der Waals surface area contributed by atoms with Gasteiger partial charge in [0.15, 0.2) is 0 Å². The Morgan fingerprint density at radius 2 is 2.07 bits per heavy atom. The number of halogens is 2. The molecule has 84 valence electrons. The molecule has 0 spiro atoms. The normalized spacial score (nSPS) is 13.2. The van der Waals surface area contributed by atoms with Crippen molar-refractivity contribution in [3.63, 3.8) is 0 Å². The number of benzene rings is 1. The number of hydrogen-bond donors (Lipinski definition) is 1. The van der Waals surface area contributed by atoms with Gasteiger partial charge in [-0.1, -0.05) is 38.4 Å². The van der Waals surface area contributed by atoms with Crippen LogP contribution in [0.15, 0.2) is 18.2 Å². The lowest BCUT2D eigenvalue weighted by atomic mass is 9.96. The second-order valence-electron chi connectivity index (χ2n) is 3.95. The quantitative estimate of drug-likeness (QED) is 0.829. The monoisotopic (exact) mass is 229 g/mol. The molecule has 1 rings (SSSR count). The molecule has 0 saturated carbocycles. The van der Waals surface area contributed by atoms with Crippen molar-refractivity contribution >= 4 is 11.6 Å². The molecule has 15 heavy (non-hydrogen) atoms. The van der Waals surface area contributed by atoms with E-state index in [2.05, 4.69) is 19.2 Å². The van der Waals surface area contributed by atoms with E-state index in [1.807, 2.05) is 6.92 Å². The molecule has 0 aliphatic heterocycles. The molecule has 0 fully saturated rings. The van der Waals surface area contributed by atoms with Crippen molar-refractivity contribution in [2.75, 3.05) is 6.54 Å². The second kappa shape index (κ2) is 5.47. The summed E-state index contributed by atoms with van der Waals surface area (Å²) in [5.74, 6) is 0.135. The van der Waals surface area contributed by atoms with Crippen LogP contribution in [0.3, 0.4) is 0 Å². The van der Waals surface area contributed by atoms with Crippen molar-refractivity contribution in [1.29, 1.82) is 0 Å². The maximum absolute atomic E-state index is 12.9. The van der Waals surface area contributed by atoms with Crippen LogP contribution in [0.2, 0.25) is 5.02 Å². The molecule has 1 nitrogen and oxygen atoms in total. The van der Waals surface area contributed by atoms with Gasteiger partial charge in [0.1, 0.15) is 5.82 Å². The van der Waals surface area contributed by atoms with Crippen molar-refractivity contribution in [3.8, 4) is 0 Å². The van der Waals surface area contributed by atoms with Crippen LogP contribution in [0, 0.1) is 11.7 Å². The Kier molecular flexibility index (Phi) is 4.55. The van der Waals surface area contributed by atoms with E-state index < -0.39 is 0 Å². The zero-order chi connectivity index (χ0) is 11.4. The first-order chi connectivity index (χ1) is 7.06. The van der Waals surface area contributed by atoms with E-state index in [0.29, 0.717) is 10.9 Å². The number of nitrogens with one attached hydrogen (secondary N) is 1. The summed E-state index contributed by atoms with van der Waals surface area (Å²) in [6.45, 7) is 7.16. The molecule has 1 atom stereocenters. The third-order valence-corrected chi connectivity index (χ3v) is 2.72. The van der Waals surface area contributed by atoms with Crippen molar-refractivity contribution in [2.24, 2.45) is 5.92 Å². The Balaban J connectivity index is 3.00. The minimum Gasteiger partial charge on any atom is -0.310 e. The van der Waals surface area contributed by atoms with Crippen LogP contribution in [0.25, 0.3) is 0 Å². The minimum absolute atomic E-state index is 0.183. The first-order valence-electron chi connectivity index (χ1n) is 5.24. The van der Waals surface area contributed by atoms with Crippen molar-refractivity contribution in [1.82, 2.24) is 5.32 Å². The predicted molar refractivity (Wildman–Crippen MR) is 62.7 cm³/mol. The van der Waals surface area contributed by atoms with Gasteiger partial charge in [-0.3, -0.25) is 0 Å². The van der Waals surface area contributed by atoms with E-state index >= 15 is 0 Å². The Bertz CT molecular complexity index is 325. The highest BCUT2D eigenvalue weighted by atomic mass is 35.5. The lowest BCUT2D eigenvalue weighted by Gasteiger charge is -2.23. The van der Waals surface area contributed by atoms with Gasteiger partial charge < -0.3 is 5.32 Å². The zero-order valence-electron chi connectivity index (χ0n) is 9.35. The highest BCUT2D eigenvalue weighted by Gasteiger charge is 2.17. The fourth-order valence-corrected chi connectivity index (χ4v) is 1.96. The van der Waals surface area contributed by atoms with E-state index in [0.717, 1.165) is 12.1 Å². The molecule has 0 aliphatic carbocycles. The lowest BCUT2D eigenvalue weighted by molar-refractivity contribution is 0.421. The van der Waals surface area contributed by atoms with E-state index in [1.165, 1.54) is 12.1 Å². The van der Waals surface area contributed by atoms with Crippen LogP contribution in [-0.4, -0.2) is 6.54 Å². The number of hydrogen-bond acceptors (Lipinski definition) is 1. The van der Waals surface area contributed by atoms with Gasteiger partial charge in [0.25, 0.3) is 0 Å². The summed E-state index contributed by atoms with van der Waals surface area (Å²) in [7, 11) is 0. The Morgan fingerprint density at radius 3 is 2.53 bits per heavy atom. The molecule has 1 aromatic rings. The second-order valence-corrected chi connectivity index (χ2v) is 4.35. The summed E-state index contributed by atoms with van der Waals surface area (Å²) in [5.41, 5.74) is 0.968. The fraction of sp³-hybridized carbons (Fsp3) is 0.500. The summed E-state index contributed by atoms with van der Waals surface area (Å²) < 4.78 is 12.9. The van der Waals surface area contributed by atoms with E-state index in [4.69, 9.17) is 11.6 Å². The zero-order valence-corrected chi connectivity index (χ0v) is 10.1.